The Bertz CT molecular complexity index is 1560. The molecule has 1 N–H and O–H groups in total. The van der Waals surface area contributed by atoms with Gasteiger partial charge in [-0.1, -0.05) is 29.3 Å². The first-order valence-corrected chi connectivity index (χ1v) is 14.0. The van der Waals surface area contributed by atoms with Gasteiger partial charge in [-0.05, 0) is 45.7 Å². The highest BCUT2D eigenvalue weighted by Gasteiger charge is 2.49. The topological polar surface area (TPSA) is 150 Å². The molecule has 0 aliphatic carbocycles. The second-order valence-corrected chi connectivity index (χ2v) is 11.8. The zero-order chi connectivity index (χ0) is 29.3. The van der Waals surface area contributed by atoms with E-state index < -0.39 is 73.3 Å². The van der Waals surface area contributed by atoms with Gasteiger partial charge < -0.3 is 18.2 Å². The fourth-order valence-corrected chi connectivity index (χ4v) is 5.15. The lowest BCUT2D eigenvalue weighted by atomic mass is 9.95. The number of carbonyl (C=O) groups excluding carboxylic acids is 1. The number of rotatable bonds is 10. The molecule has 0 spiro atoms. The second-order valence-electron chi connectivity index (χ2n) is 8.67. The predicted molar refractivity (Wildman–Crippen MR) is 129 cm³/mol. The highest BCUT2D eigenvalue weighted by atomic mass is 32.2. The van der Waals surface area contributed by atoms with Gasteiger partial charge in [0.25, 0.3) is 0 Å². The average Bonchev–Trinajstić information content (AvgIpc) is 3.21. The smallest absolute Gasteiger partial charge is 0.481 e. The third-order valence-electron chi connectivity index (χ3n) is 5.79. The molecule has 0 bridgehead atoms. The normalized spacial score (nSPS) is 14.1. The van der Waals surface area contributed by atoms with E-state index in [-0.39, 0.29) is 28.9 Å². The van der Waals surface area contributed by atoms with E-state index in [1.54, 1.807) is 6.92 Å². The van der Waals surface area contributed by atoms with Crippen molar-refractivity contribution in [2.75, 3.05) is 0 Å². The minimum Gasteiger partial charge on any atom is -0.481 e. The maximum atomic E-state index is 13.2. The number of aliphatic carboxylic acids is 1. The molecular weight excluding hydrogens is 569 g/mol. The number of hydrogen-bond donors (Lipinski definition) is 1. The summed E-state index contributed by atoms with van der Waals surface area (Å²) in [5.41, 5.74) is -5.92. The summed E-state index contributed by atoms with van der Waals surface area (Å²) in [6.45, 7) is 3.89. The van der Waals surface area contributed by atoms with Crippen molar-refractivity contribution in [3.8, 4) is 11.5 Å². The number of benzene rings is 2. The van der Waals surface area contributed by atoms with E-state index in [1.807, 2.05) is 0 Å². The van der Waals surface area contributed by atoms with E-state index in [9.17, 15) is 39.6 Å². The number of cyclic esters (lactones) is 1. The van der Waals surface area contributed by atoms with Gasteiger partial charge >= 0.3 is 37.7 Å². The van der Waals surface area contributed by atoms with Crippen LogP contribution < -0.4 is 8.37 Å². The Balaban J connectivity index is 2.28. The number of carboxylic acids is 1. The average molecular weight is 593 g/mol. The van der Waals surface area contributed by atoms with Crippen LogP contribution in [0.3, 0.4) is 0 Å². The van der Waals surface area contributed by atoms with Crippen LogP contribution >= 0.6 is 0 Å². The number of carboxylic acid groups (broad SMARTS) is 1. The third-order valence-corrected chi connectivity index (χ3v) is 7.98. The zero-order valence-corrected chi connectivity index (χ0v) is 22.4. The van der Waals surface area contributed by atoms with Crippen molar-refractivity contribution in [1.29, 1.82) is 0 Å². The molecule has 1 aliphatic rings. The van der Waals surface area contributed by atoms with Gasteiger partial charge in [-0.3, -0.25) is 4.79 Å². The van der Waals surface area contributed by atoms with Gasteiger partial charge in [-0.15, -0.1) is 0 Å². The molecule has 2 aromatic carbocycles. The maximum Gasteiger partial charge on any atom is 0.534 e. The lowest BCUT2D eigenvalue weighted by Gasteiger charge is -2.20. The van der Waals surface area contributed by atoms with Gasteiger partial charge in [0.1, 0.15) is 17.1 Å². The molecule has 2 aromatic rings. The molecule has 39 heavy (non-hydrogen) atoms. The summed E-state index contributed by atoms with van der Waals surface area (Å²) in [5.74, 6) is -3.80. The summed E-state index contributed by atoms with van der Waals surface area (Å²) < 4.78 is 105. The molecule has 0 radical (unpaired) electrons. The highest BCUT2D eigenvalue weighted by molar-refractivity contribution is 7.88. The van der Waals surface area contributed by atoms with Crippen molar-refractivity contribution >= 4 is 32.2 Å². The van der Waals surface area contributed by atoms with Crippen molar-refractivity contribution in [3.05, 3.63) is 63.7 Å². The highest BCUT2D eigenvalue weighted by Crippen LogP contribution is 2.45. The van der Waals surface area contributed by atoms with Gasteiger partial charge in [0.15, 0.2) is 11.5 Å². The van der Waals surface area contributed by atoms with Crippen LogP contribution in [0.25, 0.3) is 0 Å². The fraction of sp³-hybridized carbons (Fsp3) is 0.333. The number of fused-ring (bicyclic) bond motifs is 1. The molecule has 3 rings (SSSR count). The Labute approximate surface area is 222 Å². The quantitative estimate of drug-likeness (QED) is 0.183. The van der Waals surface area contributed by atoms with Crippen LogP contribution in [0.15, 0.2) is 40.8 Å². The maximum absolute atomic E-state index is 13.2. The number of aryl methyl sites for hydroxylation is 1. The van der Waals surface area contributed by atoms with Crippen molar-refractivity contribution in [2.24, 2.45) is 0 Å². The summed E-state index contributed by atoms with van der Waals surface area (Å²) in [7, 11) is -10.9. The van der Waals surface area contributed by atoms with Gasteiger partial charge in [0.2, 0.25) is 0 Å². The van der Waals surface area contributed by atoms with E-state index in [0.717, 1.165) is 0 Å². The van der Waals surface area contributed by atoms with Gasteiger partial charge in [0, 0.05) is 23.1 Å². The number of ether oxygens (including phenoxy) is 1. The number of esters is 1. The third kappa shape index (κ3) is 6.53. The number of hydrogen-bond acceptors (Lipinski definition) is 9. The molecule has 0 unspecified atom stereocenters. The van der Waals surface area contributed by atoms with Crippen molar-refractivity contribution in [1.82, 2.24) is 0 Å². The molecular formula is C24H23F3O10S2. The molecule has 0 saturated carbocycles. The first-order chi connectivity index (χ1) is 17.9. The van der Waals surface area contributed by atoms with Gasteiger partial charge in [-0.25, -0.2) is 4.79 Å². The van der Waals surface area contributed by atoms with E-state index in [1.165, 1.54) is 44.2 Å². The van der Waals surface area contributed by atoms with E-state index in [2.05, 4.69) is 4.18 Å². The van der Waals surface area contributed by atoms with Crippen LogP contribution in [0.1, 0.15) is 52.4 Å². The summed E-state index contributed by atoms with van der Waals surface area (Å²) in [6.07, 6.45) is 0.599. The number of allylic oxidation sites excluding steroid dienone is 2. The lowest BCUT2D eigenvalue weighted by molar-refractivity contribution is -0.136. The molecule has 15 heteroatoms. The number of halogens is 3. The van der Waals surface area contributed by atoms with Crippen LogP contribution in [0.4, 0.5) is 13.2 Å². The fourth-order valence-electron chi connectivity index (χ4n) is 3.64. The summed E-state index contributed by atoms with van der Waals surface area (Å²) in [5, 5.41) is 8.91. The molecule has 1 heterocycles. The molecule has 0 fully saturated rings. The van der Waals surface area contributed by atoms with Crippen LogP contribution in [0.5, 0.6) is 11.5 Å². The largest absolute Gasteiger partial charge is 0.534 e. The van der Waals surface area contributed by atoms with E-state index in [4.69, 9.17) is 14.0 Å². The molecule has 0 atom stereocenters. The van der Waals surface area contributed by atoms with Crippen molar-refractivity contribution in [2.45, 2.75) is 57.0 Å². The molecule has 0 amide bonds. The van der Waals surface area contributed by atoms with Crippen molar-refractivity contribution in [3.63, 3.8) is 0 Å². The monoisotopic (exact) mass is 592 g/mol. The molecule has 10 nitrogen and oxygen atoms in total. The Kier molecular flexibility index (Phi) is 8.36. The Morgan fingerprint density at radius 2 is 1.67 bits per heavy atom. The first-order valence-electron chi connectivity index (χ1n) is 11.2. The first kappa shape index (κ1) is 30.0. The Hall–Kier alpha value is -3.59. The van der Waals surface area contributed by atoms with Crippen molar-refractivity contribution < 1.29 is 57.8 Å². The molecule has 0 aromatic heterocycles. The Morgan fingerprint density at radius 3 is 2.23 bits per heavy atom. The van der Waals surface area contributed by atoms with Crippen LogP contribution in [0.2, 0.25) is 0 Å². The molecule has 0 saturated heterocycles. The second kappa shape index (κ2) is 10.9. The minimum absolute atomic E-state index is 0.0240. The van der Waals surface area contributed by atoms with Crippen LogP contribution in [-0.2, 0) is 42.8 Å². The summed E-state index contributed by atoms with van der Waals surface area (Å²) in [6, 6.07) is 5.34. The summed E-state index contributed by atoms with van der Waals surface area (Å²) >= 11 is 0. The number of carbonyl (C=O) groups is 2. The summed E-state index contributed by atoms with van der Waals surface area (Å²) in [4.78, 5) is 23.2. The van der Waals surface area contributed by atoms with Crippen LogP contribution in [0, 0.1) is 13.8 Å². The zero-order valence-electron chi connectivity index (χ0n) is 20.8. The van der Waals surface area contributed by atoms with E-state index >= 15 is 0 Å². The standard InChI is InChI=1S/C24H23F3O10S2/c1-13-4-8-16(9-5-13)38(31,32)36-22-17(10-6-14(2)7-11-19(28)29)21(37-39(33,34)24(25,26)27)15(3)18-12-35-23(30)20(18)22/h4-6,8-9H,7,10-12H2,1-3H3,(H,28,29). The SMILES string of the molecule is CC(=CCc1c(OS(=O)(=O)C(F)(F)F)c(C)c2c(c1OS(=O)(=O)c1ccc(C)cc1)C(=O)OC2)CCC(=O)O. The van der Waals surface area contributed by atoms with E-state index in [0.29, 0.717) is 11.1 Å². The predicted octanol–water partition coefficient (Wildman–Crippen LogP) is 4.32. The minimum atomic E-state index is -6.23. The van der Waals surface area contributed by atoms with Gasteiger partial charge in [0.05, 0.1) is 0 Å². The number of alkyl halides is 3. The van der Waals surface area contributed by atoms with Gasteiger partial charge in [-0.2, -0.15) is 30.0 Å². The lowest BCUT2D eigenvalue weighted by Crippen LogP contribution is -2.29. The molecule has 1 aliphatic heterocycles. The van der Waals surface area contributed by atoms with Crippen LogP contribution in [-0.4, -0.2) is 39.4 Å². The molecule has 212 valence electrons. The Morgan fingerprint density at radius 1 is 1.05 bits per heavy atom.